The van der Waals surface area contributed by atoms with Crippen molar-refractivity contribution in [1.29, 1.82) is 0 Å². The maximum Gasteiger partial charge on any atom is 0.250 e. The number of primary amides is 1. The van der Waals surface area contributed by atoms with Gasteiger partial charge in [0.1, 0.15) is 5.82 Å². The number of ether oxygens (including phenoxy) is 2. The van der Waals surface area contributed by atoms with Gasteiger partial charge in [-0.3, -0.25) is 9.59 Å². The van der Waals surface area contributed by atoms with Gasteiger partial charge in [-0.25, -0.2) is 4.39 Å². The Morgan fingerprint density at radius 2 is 1.68 bits per heavy atom. The maximum atomic E-state index is 12.9. The summed E-state index contributed by atoms with van der Waals surface area (Å²) in [6.07, 6.45) is 2.77. The van der Waals surface area contributed by atoms with E-state index < -0.39 is 11.8 Å². The number of benzene rings is 2. The van der Waals surface area contributed by atoms with Gasteiger partial charge in [0.05, 0.1) is 25.5 Å². The fraction of sp³-hybridized carbons (Fsp3) is 0.111. The molecule has 0 atom stereocenters. The third kappa shape index (κ3) is 4.57. The van der Waals surface area contributed by atoms with E-state index in [1.54, 1.807) is 0 Å². The number of hydrogen-bond acceptors (Lipinski definition) is 4. The second-order valence-electron chi connectivity index (χ2n) is 4.99. The van der Waals surface area contributed by atoms with Crippen LogP contribution in [0.1, 0.15) is 15.9 Å². The number of hydrogen-bond donors (Lipinski definition) is 2. The van der Waals surface area contributed by atoms with Crippen LogP contribution in [0.5, 0.6) is 11.5 Å². The highest BCUT2D eigenvalue weighted by Gasteiger charge is 2.16. The summed E-state index contributed by atoms with van der Waals surface area (Å²) in [6, 6.07) is 8.48. The van der Waals surface area contributed by atoms with Crippen molar-refractivity contribution < 1.29 is 23.5 Å². The van der Waals surface area contributed by atoms with E-state index in [4.69, 9.17) is 15.2 Å². The number of amides is 2. The van der Waals surface area contributed by atoms with Crippen molar-refractivity contribution in [3.63, 3.8) is 0 Å². The van der Waals surface area contributed by atoms with E-state index in [9.17, 15) is 14.0 Å². The van der Waals surface area contributed by atoms with Gasteiger partial charge in [-0.1, -0.05) is 12.1 Å². The number of methoxy groups -OCH3 is 2. The molecule has 6 nitrogen and oxygen atoms in total. The van der Waals surface area contributed by atoms with Gasteiger partial charge in [0.15, 0.2) is 11.5 Å². The molecule has 0 bridgehead atoms. The van der Waals surface area contributed by atoms with Crippen LogP contribution in [0, 0.1) is 5.82 Å². The Morgan fingerprint density at radius 3 is 2.24 bits per heavy atom. The third-order valence-corrected chi connectivity index (χ3v) is 3.34. The minimum absolute atomic E-state index is 0.0844. The maximum absolute atomic E-state index is 12.9. The van der Waals surface area contributed by atoms with Crippen LogP contribution in [0.4, 0.5) is 10.1 Å². The summed E-state index contributed by atoms with van der Waals surface area (Å²) in [5.74, 6) is -0.919. The van der Waals surface area contributed by atoms with E-state index in [-0.39, 0.29) is 17.1 Å². The summed E-state index contributed by atoms with van der Waals surface area (Å²) in [4.78, 5) is 23.7. The van der Waals surface area contributed by atoms with Crippen molar-refractivity contribution in [1.82, 2.24) is 0 Å². The lowest BCUT2D eigenvalue weighted by molar-refractivity contribution is -0.111. The number of halogens is 1. The molecule has 0 saturated heterocycles. The summed E-state index contributed by atoms with van der Waals surface area (Å²) in [5, 5.41) is 2.56. The normalized spacial score (nSPS) is 10.5. The average Bonchev–Trinajstić information content (AvgIpc) is 2.60. The molecule has 7 heteroatoms. The van der Waals surface area contributed by atoms with Crippen LogP contribution in [-0.2, 0) is 4.79 Å². The molecule has 0 radical (unpaired) electrons. The van der Waals surface area contributed by atoms with Gasteiger partial charge in [-0.05, 0) is 29.8 Å². The quantitative estimate of drug-likeness (QED) is 0.788. The predicted molar refractivity (Wildman–Crippen MR) is 92.1 cm³/mol. The molecule has 25 heavy (non-hydrogen) atoms. The van der Waals surface area contributed by atoms with Crippen molar-refractivity contribution in [3.05, 3.63) is 59.4 Å². The monoisotopic (exact) mass is 344 g/mol. The molecule has 0 heterocycles. The lowest BCUT2D eigenvalue weighted by Crippen LogP contribution is -2.17. The fourth-order valence-electron chi connectivity index (χ4n) is 2.11. The highest BCUT2D eigenvalue weighted by atomic mass is 19.1. The molecule has 0 aliphatic rings. The summed E-state index contributed by atoms with van der Waals surface area (Å²) in [5.41, 5.74) is 6.27. The van der Waals surface area contributed by atoms with Crippen LogP contribution in [-0.4, -0.2) is 26.0 Å². The second kappa shape index (κ2) is 7.96. The Hall–Kier alpha value is -3.35. The SMILES string of the molecule is COc1cc(NC(=O)/C=C/c2ccc(F)cc2)c(C(N)=O)cc1OC. The Balaban J connectivity index is 2.24. The average molecular weight is 344 g/mol. The smallest absolute Gasteiger partial charge is 0.250 e. The molecule has 0 spiro atoms. The Kier molecular flexibility index (Phi) is 5.73. The molecule has 3 N–H and O–H groups in total. The van der Waals surface area contributed by atoms with Crippen LogP contribution < -0.4 is 20.5 Å². The molecule has 2 amide bonds. The molecule has 2 aromatic rings. The van der Waals surface area contributed by atoms with Crippen molar-refractivity contribution in [2.45, 2.75) is 0 Å². The molecular weight excluding hydrogens is 327 g/mol. The second-order valence-corrected chi connectivity index (χ2v) is 4.99. The zero-order valence-electron chi connectivity index (χ0n) is 13.7. The van der Waals surface area contributed by atoms with Crippen molar-refractivity contribution >= 4 is 23.6 Å². The van der Waals surface area contributed by atoms with Gasteiger partial charge in [-0.15, -0.1) is 0 Å². The largest absolute Gasteiger partial charge is 0.493 e. The number of carbonyl (C=O) groups excluding carboxylic acids is 2. The predicted octanol–water partition coefficient (Wildman–Crippen LogP) is 2.59. The molecule has 0 aliphatic carbocycles. The summed E-state index contributed by atoms with van der Waals surface area (Å²) in [6.45, 7) is 0. The van der Waals surface area contributed by atoms with Crippen molar-refractivity contribution in [2.24, 2.45) is 5.73 Å². The topological polar surface area (TPSA) is 90.6 Å². The highest BCUT2D eigenvalue weighted by Crippen LogP contribution is 2.33. The van der Waals surface area contributed by atoms with Gasteiger partial charge in [0, 0.05) is 12.1 Å². The van der Waals surface area contributed by atoms with E-state index in [0.29, 0.717) is 17.1 Å². The summed E-state index contributed by atoms with van der Waals surface area (Å²) >= 11 is 0. The lowest BCUT2D eigenvalue weighted by Gasteiger charge is -2.13. The van der Waals surface area contributed by atoms with E-state index in [2.05, 4.69) is 5.32 Å². The molecule has 0 fully saturated rings. The molecule has 0 aromatic heterocycles. The minimum Gasteiger partial charge on any atom is -0.493 e. The molecule has 2 rings (SSSR count). The molecule has 0 aliphatic heterocycles. The van der Waals surface area contributed by atoms with Crippen LogP contribution in [0.2, 0.25) is 0 Å². The molecule has 0 unspecified atom stereocenters. The fourth-order valence-corrected chi connectivity index (χ4v) is 2.11. The number of anilines is 1. The molecule has 2 aromatic carbocycles. The molecule has 0 saturated carbocycles. The minimum atomic E-state index is -0.723. The summed E-state index contributed by atoms with van der Waals surface area (Å²) < 4.78 is 23.1. The van der Waals surface area contributed by atoms with Gasteiger partial charge >= 0.3 is 0 Å². The first-order chi connectivity index (χ1) is 11.9. The molecular formula is C18H17FN2O4. The zero-order chi connectivity index (χ0) is 18.4. The van der Waals surface area contributed by atoms with E-state index in [1.807, 2.05) is 0 Å². The van der Waals surface area contributed by atoms with Crippen molar-refractivity contribution in [2.75, 3.05) is 19.5 Å². The van der Waals surface area contributed by atoms with Gasteiger partial charge in [0.25, 0.3) is 5.91 Å². The van der Waals surface area contributed by atoms with Gasteiger partial charge in [-0.2, -0.15) is 0 Å². The van der Waals surface area contributed by atoms with Gasteiger partial charge < -0.3 is 20.5 Å². The first kappa shape index (κ1) is 18.0. The third-order valence-electron chi connectivity index (χ3n) is 3.34. The number of nitrogens with one attached hydrogen (secondary N) is 1. The standard InChI is InChI=1S/C18H17FN2O4/c1-24-15-9-13(18(20)23)14(10-16(15)25-2)21-17(22)8-5-11-3-6-12(19)7-4-11/h3-10H,1-2H3,(H2,20,23)(H,21,22)/b8-5+. The zero-order valence-corrected chi connectivity index (χ0v) is 13.7. The van der Waals surface area contributed by atoms with Crippen molar-refractivity contribution in [3.8, 4) is 11.5 Å². The van der Waals surface area contributed by atoms with E-state index in [0.717, 1.165) is 0 Å². The number of rotatable bonds is 6. The molecule has 130 valence electrons. The number of carbonyl (C=O) groups is 2. The lowest BCUT2D eigenvalue weighted by atomic mass is 10.1. The first-order valence-electron chi connectivity index (χ1n) is 7.25. The first-order valence-corrected chi connectivity index (χ1v) is 7.25. The van der Waals surface area contributed by atoms with Crippen LogP contribution in [0.25, 0.3) is 6.08 Å². The van der Waals surface area contributed by atoms with E-state index in [1.165, 1.54) is 62.8 Å². The Labute approximate surface area is 144 Å². The Bertz CT molecular complexity index is 817. The Morgan fingerprint density at radius 1 is 1.08 bits per heavy atom. The van der Waals surface area contributed by atoms with E-state index >= 15 is 0 Å². The van der Waals surface area contributed by atoms with Gasteiger partial charge in [0.2, 0.25) is 5.91 Å². The number of nitrogens with two attached hydrogens (primary N) is 1. The van der Waals surface area contributed by atoms with Crippen LogP contribution >= 0.6 is 0 Å². The highest BCUT2D eigenvalue weighted by molar-refractivity contribution is 6.07. The summed E-state index contributed by atoms with van der Waals surface area (Å²) in [7, 11) is 2.86. The van der Waals surface area contributed by atoms with Crippen LogP contribution in [0.15, 0.2) is 42.5 Å². The van der Waals surface area contributed by atoms with Crippen LogP contribution in [0.3, 0.4) is 0 Å².